The highest BCUT2D eigenvalue weighted by Gasteiger charge is 2.17. The van der Waals surface area contributed by atoms with Crippen LogP contribution in [0.2, 0.25) is 0 Å². The van der Waals surface area contributed by atoms with E-state index < -0.39 is 0 Å². The smallest absolute Gasteiger partial charge is 0.0589 e. The summed E-state index contributed by atoms with van der Waals surface area (Å²) in [5.41, 5.74) is 7.16. The minimum atomic E-state index is 0.257. The van der Waals surface area contributed by atoms with E-state index in [-0.39, 0.29) is 6.04 Å². The summed E-state index contributed by atoms with van der Waals surface area (Å²) in [6, 6.07) is 8.59. The van der Waals surface area contributed by atoms with Crippen molar-refractivity contribution in [2.45, 2.75) is 13.0 Å². The molecule has 1 aromatic carbocycles. The number of methoxy groups -OCH3 is 1. The highest BCUT2D eigenvalue weighted by atomic mass is 79.9. The second-order valence-corrected chi connectivity index (χ2v) is 4.84. The molecule has 1 rings (SSSR count). The first-order valence-electron chi connectivity index (χ1n) is 5.91. The Balaban J connectivity index is 2.81. The minimum absolute atomic E-state index is 0.257. The van der Waals surface area contributed by atoms with Crippen molar-refractivity contribution in [1.82, 2.24) is 4.90 Å². The van der Waals surface area contributed by atoms with E-state index in [1.807, 2.05) is 12.1 Å². The van der Waals surface area contributed by atoms with Crippen LogP contribution in [-0.4, -0.2) is 38.3 Å². The van der Waals surface area contributed by atoms with Crippen LogP contribution in [0.3, 0.4) is 0 Å². The van der Waals surface area contributed by atoms with Gasteiger partial charge in [-0.05, 0) is 24.2 Å². The summed E-state index contributed by atoms with van der Waals surface area (Å²) >= 11 is 3.50. The number of benzene rings is 1. The molecule has 0 aliphatic rings. The zero-order valence-electron chi connectivity index (χ0n) is 10.5. The van der Waals surface area contributed by atoms with Crippen molar-refractivity contribution < 1.29 is 4.74 Å². The summed E-state index contributed by atoms with van der Waals surface area (Å²) in [7, 11) is 1.73. The molecule has 0 aromatic heterocycles. The number of hydrogen-bond acceptors (Lipinski definition) is 3. The van der Waals surface area contributed by atoms with Crippen LogP contribution in [0.1, 0.15) is 18.5 Å². The third kappa shape index (κ3) is 4.39. The zero-order valence-corrected chi connectivity index (χ0v) is 12.1. The molecule has 0 heterocycles. The second kappa shape index (κ2) is 7.82. The molecule has 0 saturated carbocycles. The molecule has 0 bridgehead atoms. The van der Waals surface area contributed by atoms with E-state index in [2.05, 4.69) is 39.9 Å². The lowest BCUT2D eigenvalue weighted by atomic mass is 10.1. The van der Waals surface area contributed by atoms with Gasteiger partial charge in [0.05, 0.1) is 6.61 Å². The maximum Gasteiger partial charge on any atom is 0.0589 e. The van der Waals surface area contributed by atoms with E-state index >= 15 is 0 Å². The van der Waals surface area contributed by atoms with Crippen LogP contribution in [0.15, 0.2) is 28.7 Å². The van der Waals surface area contributed by atoms with Gasteiger partial charge in [-0.25, -0.2) is 0 Å². The zero-order chi connectivity index (χ0) is 12.7. The minimum Gasteiger partial charge on any atom is -0.383 e. The van der Waals surface area contributed by atoms with Crippen molar-refractivity contribution >= 4 is 15.9 Å². The number of halogens is 1. The predicted octanol–water partition coefficient (Wildman–Crippen LogP) is 2.42. The third-order valence-corrected chi connectivity index (χ3v) is 3.38. The number of ether oxygens (including phenoxy) is 1. The summed E-state index contributed by atoms with van der Waals surface area (Å²) in [4.78, 5) is 2.34. The maximum atomic E-state index is 5.91. The standard InChI is InChI=1S/C13H21BrN2O/c1-3-16(7-8-17-2)13(10-15)11-5-4-6-12(14)9-11/h4-6,9,13H,3,7-8,10,15H2,1-2H3. The molecule has 96 valence electrons. The fourth-order valence-electron chi connectivity index (χ4n) is 1.95. The SMILES string of the molecule is CCN(CCOC)C(CN)c1cccc(Br)c1. The first-order chi connectivity index (χ1) is 8.22. The number of nitrogens with two attached hydrogens (primary N) is 1. The quantitative estimate of drug-likeness (QED) is 0.840. The molecule has 0 amide bonds. The number of hydrogen-bond donors (Lipinski definition) is 1. The van der Waals surface area contributed by atoms with Gasteiger partial charge in [0.1, 0.15) is 0 Å². The average Bonchev–Trinajstić information content (AvgIpc) is 2.34. The van der Waals surface area contributed by atoms with Crippen LogP contribution in [0.4, 0.5) is 0 Å². The molecule has 17 heavy (non-hydrogen) atoms. The Bertz CT molecular complexity index is 333. The van der Waals surface area contributed by atoms with Gasteiger partial charge in [-0.3, -0.25) is 4.90 Å². The molecular weight excluding hydrogens is 280 g/mol. The Morgan fingerprint density at radius 2 is 2.24 bits per heavy atom. The lowest BCUT2D eigenvalue weighted by Gasteiger charge is -2.30. The van der Waals surface area contributed by atoms with Gasteiger partial charge in [-0.2, -0.15) is 0 Å². The molecule has 0 radical (unpaired) electrons. The van der Waals surface area contributed by atoms with Gasteiger partial charge >= 0.3 is 0 Å². The van der Waals surface area contributed by atoms with Gasteiger partial charge < -0.3 is 10.5 Å². The highest BCUT2D eigenvalue weighted by molar-refractivity contribution is 9.10. The van der Waals surface area contributed by atoms with Crippen molar-refractivity contribution in [3.63, 3.8) is 0 Å². The van der Waals surface area contributed by atoms with E-state index in [9.17, 15) is 0 Å². The molecular formula is C13H21BrN2O. The Kier molecular flexibility index (Phi) is 6.73. The van der Waals surface area contributed by atoms with Crippen molar-refractivity contribution in [1.29, 1.82) is 0 Å². The Hall–Kier alpha value is -0.420. The Labute approximate surface area is 112 Å². The van der Waals surface area contributed by atoms with Crippen LogP contribution < -0.4 is 5.73 Å². The van der Waals surface area contributed by atoms with E-state index in [0.717, 1.165) is 24.2 Å². The normalized spacial score (nSPS) is 13.0. The van der Waals surface area contributed by atoms with Crippen LogP contribution in [0.5, 0.6) is 0 Å². The molecule has 0 aliphatic carbocycles. The molecule has 0 saturated heterocycles. The van der Waals surface area contributed by atoms with Gasteiger partial charge in [0, 0.05) is 30.7 Å². The second-order valence-electron chi connectivity index (χ2n) is 3.93. The topological polar surface area (TPSA) is 38.5 Å². The first-order valence-corrected chi connectivity index (χ1v) is 6.70. The summed E-state index contributed by atoms with van der Waals surface area (Å²) in [6.07, 6.45) is 0. The Morgan fingerprint density at radius 3 is 2.76 bits per heavy atom. The van der Waals surface area contributed by atoms with E-state index in [1.165, 1.54) is 5.56 Å². The number of nitrogens with zero attached hydrogens (tertiary/aromatic N) is 1. The molecule has 0 fully saturated rings. The molecule has 3 nitrogen and oxygen atoms in total. The molecule has 1 atom stereocenters. The lowest BCUT2D eigenvalue weighted by molar-refractivity contribution is 0.125. The number of likely N-dealkylation sites (N-methyl/N-ethyl adjacent to an activating group) is 1. The predicted molar refractivity (Wildman–Crippen MR) is 75.1 cm³/mol. The van der Waals surface area contributed by atoms with Gasteiger partial charge in [-0.1, -0.05) is 35.0 Å². The maximum absolute atomic E-state index is 5.91. The van der Waals surface area contributed by atoms with E-state index in [0.29, 0.717) is 6.54 Å². The molecule has 1 aromatic rings. The summed E-state index contributed by atoms with van der Waals surface area (Å²) < 4.78 is 6.23. The number of rotatable bonds is 7. The van der Waals surface area contributed by atoms with Crippen molar-refractivity contribution in [3.8, 4) is 0 Å². The molecule has 1 unspecified atom stereocenters. The van der Waals surface area contributed by atoms with Crippen LogP contribution >= 0.6 is 15.9 Å². The van der Waals surface area contributed by atoms with E-state index in [4.69, 9.17) is 10.5 Å². The fourth-order valence-corrected chi connectivity index (χ4v) is 2.37. The summed E-state index contributed by atoms with van der Waals surface area (Å²) in [6.45, 7) is 5.38. The van der Waals surface area contributed by atoms with Crippen molar-refractivity contribution in [2.75, 3.05) is 33.4 Å². The van der Waals surface area contributed by atoms with Gasteiger partial charge in [0.25, 0.3) is 0 Å². The molecule has 0 aliphatic heterocycles. The van der Waals surface area contributed by atoms with Crippen LogP contribution in [-0.2, 0) is 4.74 Å². The largest absolute Gasteiger partial charge is 0.383 e. The summed E-state index contributed by atoms with van der Waals surface area (Å²) in [5, 5.41) is 0. The van der Waals surface area contributed by atoms with Gasteiger partial charge in [0.2, 0.25) is 0 Å². The van der Waals surface area contributed by atoms with Crippen molar-refractivity contribution in [3.05, 3.63) is 34.3 Å². The highest BCUT2D eigenvalue weighted by Crippen LogP contribution is 2.22. The molecule has 4 heteroatoms. The van der Waals surface area contributed by atoms with Gasteiger partial charge in [0.15, 0.2) is 0 Å². The Morgan fingerprint density at radius 1 is 1.47 bits per heavy atom. The monoisotopic (exact) mass is 300 g/mol. The lowest BCUT2D eigenvalue weighted by Crippen LogP contribution is -2.36. The van der Waals surface area contributed by atoms with Crippen molar-refractivity contribution in [2.24, 2.45) is 5.73 Å². The molecule has 0 spiro atoms. The van der Waals surface area contributed by atoms with Gasteiger partial charge in [-0.15, -0.1) is 0 Å². The fraction of sp³-hybridized carbons (Fsp3) is 0.538. The van der Waals surface area contributed by atoms with Crippen LogP contribution in [0.25, 0.3) is 0 Å². The third-order valence-electron chi connectivity index (χ3n) is 2.89. The van der Waals surface area contributed by atoms with E-state index in [1.54, 1.807) is 7.11 Å². The molecule has 2 N–H and O–H groups in total. The summed E-state index contributed by atoms with van der Waals surface area (Å²) in [5.74, 6) is 0. The average molecular weight is 301 g/mol. The van der Waals surface area contributed by atoms with Crippen LogP contribution in [0, 0.1) is 0 Å². The first kappa shape index (κ1) is 14.6.